The zero-order chi connectivity index (χ0) is 17.5. The van der Waals surface area contributed by atoms with Gasteiger partial charge in [-0.05, 0) is 50.3 Å². The van der Waals surface area contributed by atoms with E-state index >= 15 is 0 Å². The number of ether oxygens (including phenoxy) is 1. The molecule has 2 aliphatic rings. The zero-order valence-corrected chi connectivity index (χ0v) is 15.4. The molecule has 0 spiro atoms. The predicted octanol–water partition coefficient (Wildman–Crippen LogP) is 2.26. The number of hydrogen-bond acceptors (Lipinski definition) is 4. The second-order valence-electron chi connectivity index (χ2n) is 7.18. The van der Waals surface area contributed by atoms with Crippen molar-refractivity contribution in [1.82, 2.24) is 15.1 Å². The van der Waals surface area contributed by atoms with Crippen molar-refractivity contribution >= 4 is 5.91 Å². The van der Waals surface area contributed by atoms with Crippen LogP contribution in [0.1, 0.15) is 38.2 Å². The van der Waals surface area contributed by atoms with Crippen molar-refractivity contribution in [3.63, 3.8) is 0 Å². The normalized spacial score (nSPS) is 19.9. The lowest BCUT2D eigenvalue weighted by atomic mass is 10.2. The second kappa shape index (κ2) is 9.20. The first kappa shape index (κ1) is 18.2. The molecule has 0 atom stereocenters. The van der Waals surface area contributed by atoms with Crippen LogP contribution in [0.15, 0.2) is 24.3 Å². The molecule has 1 amide bonds. The highest BCUT2D eigenvalue weighted by Gasteiger charge is 2.19. The minimum atomic E-state index is 0.132. The average molecular weight is 345 g/mol. The molecule has 0 radical (unpaired) electrons. The molecule has 1 N–H and O–H groups in total. The van der Waals surface area contributed by atoms with E-state index in [9.17, 15) is 4.79 Å². The number of likely N-dealkylation sites (N-methyl/N-ethyl adjacent to an activating group) is 1. The standard InChI is InChI=1S/C20H31N3O2/c1-2-21-20(24)16-23-12-10-22(11-13-23)15-17-6-5-9-19(14-17)25-18-7-3-4-8-18/h5-6,9,14,18H,2-4,7-8,10-13,15-16H2,1H3,(H,21,24). The summed E-state index contributed by atoms with van der Waals surface area (Å²) in [7, 11) is 0. The van der Waals surface area contributed by atoms with Crippen LogP contribution in [0.5, 0.6) is 5.75 Å². The molecule has 1 aliphatic carbocycles. The third-order valence-electron chi connectivity index (χ3n) is 5.12. The summed E-state index contributed by atoms with van der Waals surface area (Å²) in [5.41, 5.74) is 1.31. The van der Waals surface area contributed by atoms with Crippen molar-refractivity contribution in [2.45, 2.75) is 45.3 Å². The van der Waals surface area contributed by atoms with Crippen LogP contribution in [0.25, 0.3) is 0 Å². The van der Waals surface area contributed by atoms with Gasteiger partial charge in [-0.25, -0.2) is 0 Å². The maximum absolute atomic E-state index is 11.7. The molecule has 138 valence electrons. The molecule has 1 aliphatic heterocycles. The summed E-state index contributed by atoms with van der Waals surface area (Å²) in [6.07, 6.45) is 5.39. The van der Waals surface area contributed by atoms with Gasteiger partial charge >= 0.3 is 0 Å². The summed E-state index contributed by atoms with van der Waals surface area (Å²) in [6, 6.07) is 8.55. The van der Waals surface area contributed by atoms with Crippen LogP contribution in [-0.2, 0) is 11.3 Å². The zero-order valence-electron chi connectivity index (χ0n) is 15.4. The van der Waals surface area contributed by atoms with Gasteiger partial charge in [0, 0.05) is 39.3 Å². The van der Waals surface area contributed by atoms with Gasteiger partial charge in [-0.3, -0.25) is 14.6 Å². The third kappa shape index (κ3) is 5.72. The first-order valence-electron chi connectivity index (χ1n) is 9.70. The van der Waals surface area contributed by atoms with E-state index in [1.807, 2.05) is 6.92 Å². The minimum absolute atomic E-state index is 0.132. The number of carbonyl (C=O) groups excluding carboxylic acids is 1. The highest BCUT2D eigenvalue weighted by atomic mass is 16.5. The van der Waals surface area contributed by atoms with Gasteiger partial charge in [-0.1, -0.05) is 12.1 Å². The van der Waals surface area contributed by atoms with Gasteiger partial charge in [0.05, 0.1) is 12.6 Å². The van der Waals surface area contributed by atoms with Gasteiger partial charge < -0.3 is 10.1 Å². The summed E-state index contributed by atoms with van der Waals surface area (Å²) in [5.74, 6) is 1.15. The van der Waals surface area contributed by atoms with E-state index < -0.39 is 0 Å². The van der Waals surface area contributed by atoms with Gasteiger partial charge in [0.1, 0.15) is 5.75 Å². The fraction of sp³-hybridized carbons (Fsp3) is 0.650. The van der Waals surface area contributed by atoms with Crippen molar-refractivity contribution in [3.05, 3.63) is 29.8 Å². The highest BCUT2D eigenvalue weighted by Crippen LogP contribution is 2.25. The van der Waals surface area contributed by atoms with Crippen LogP contribution in [0.4, 0.5) is 0 Å². The molecule has 0 bridgehead atoms. The van der Waals surface area contributed by atoms with Crippen molar-refractivity contribution in [1.29, 1.82) is 0 Å². The summed E-state index contributed by atoms with van der Waals surface area (Å²) in [6.45, 7) is 8.06. The number of amides is 1. The Morgan fingerprint density at radius 2 is 1.88 bits per heavy atom. The third-order valence-corrected chi connectivity index (χ3v) is 5.12. The molecule has 1 aromatic carbocycles. The lowest BCUT2D eigenvalue weighted by Gasteiger charge is -2.34. The molecule has 25 heavy (non-hydrogen) atoms. The van der Waals surface area contributed by atoms with E-state index in [0.717, 1.165) is 38.5 Å². The van der Waals surface area contributed by atoms with E-state index in [4.69, 9.17) is 4.74 Å². The maximum atomic E-state index is 11.7. The van der Waals surface area contributed by atoms with Crippen LogP contribution < -0.4 is 10.1 Å². The Labute approximate surface area is 151 Å². The van der Waals surface area contributed by atoms with E-state index in [-0.39, 0.29) is 5.91 Å². The Hall–Kier alpha value is -1.59. The topological polar surface area (TPSA) is 44.8 Å². The quantitative estimate of drug-likeness (QED) is 0.823. The molecular formula is C20H31N3O2. The van der Waals surface area contributed by atoms with Gasteiger partial charge in [0.2, 0.25) is 5.91 Å². The van der Waals surface area contributed by atoms with Crippen molar-refractivity contribution < 1.29 is 9.53 Å². The van der Waals surface area contributed by atoms with E-state index in [0.29, 0.717) is 19.2 Å². The summed E-state index contributed by atoms with van der Waals surface area (Å²) in [5, 5.41) is 2.87. The number of carbonyl (C=O) groups is 1. The molecule has 1 saturated heterocycles. The van der Waals surface area contributed by atoms with Crippen LogP contribution in [-0.4, -0.2) is 61.1 Å². The number of benzene rings is 1. The van der Waals surface area contributed by atoms with Crippen LogP contribution in [0.3, 0.4) is 0 Å². The molecule has 2 fully saturated rings. The number of piperazine rings is 1. The van der Waals surface area contributed by atoms with Crippen LogP contribution in [0.2, 0.25) is 0 Å². The van der Waals surface area contributed by atoms with Crippen molar-refractivity contribution in [3.8, 4) is 5.75 Å². The molecule has 0 unspecified atom stereocenters. The predicted molar refractivity (Wildman–Crippen MR) is 99.7 cm³/mol. The number of hydrogen-bond donors (Lipinski definition) is 1. The fourth-order valence-corrected chi connectivity index (χ4v) is 3.74. The monoisotopic (exact) mass is 345 g/mol. The summed E-state index contributed by atoms with van der Waals surface area (Å²) < 4.78 is 6.12. The van der Waals surface area contributed by atoms with E-state index in [1.165, 1.54) is 31.2 Å². The SMILES string of the molecule is CCNC(=O)CN1CCN(Cc2cccc(OC3CCCC3)c2)CC1. The van der Waals surface area contributed by atoms with E-state index in [2.05, 4.69) is 39.4 Å². The molecule has 1 aromatic rings. The number of nitrogens with zero attached hydrogens (tertiary/aromatic N) is 2. The first-order valence-corrected chi connectivity index (χ1v) is 9.70. The molecule has 5 heteroatoms. The molecular weight excluding hydrogens is 314 g/mol. The molecule has 5 nitrogen and oxygen atoms in total. The Bertz CT molecular complexity index is 550. The van der Waals surface area contributed by atoms with Crippen LogP contribution >= 0.6 is 0 Å². The first-order chi connectivity index (χ1) is 12.2. The van der Waals surface area contributed by atoms with Crippen molar-refractivity contribution in [2.75, 3.05) is 39.3 Å². The van der Waals surface area contributed by atoms with Crippen molar-refractivity contribution in [2.24, 2.45) is 0 Å². The van der Waals surface area contributed by atoms with E-state index in [1.54, 1.807) is 0 Å². The Morgan fingerprint density at radius 1 is 1.16 bits per heavy atom. The summed E-state index contributed by atoms with van der Waals surface area (Å²) >= 11 is 0. The molecule has 3 rings (SSSR count). The van der Waals surface area contributed by atoms with Gasteiger partial charge in [-0.2, -0.15) is 0 Å². The number of rotatable bonds is 7. The fourth-order valence-electron chi connectivity index (χ4n) is 3.74. The average Bonchev–Trinajstić information content (AvgIpc) is 3.10. The van der Waals surface area contributed by atoms with Crippen LogP contribution in [0, 0.1) is 0 Å². The van der Waals surface area contributed by atoms with Gasteiger partial charge in [-0.15, -0.1) is 0 Å². The summed E-state index contributed by atoms with van der Waals surface area (Å²) in [4.78, 5) is 16.4. The second-order valence-corrected chi connectivity index (χ2v) is 7.18. The Kier molecular flexibility index (Phi) is 6.70. The molecule has 1 saturated carbocycles. The maximum Gasteiger partial charge on any atom is 0.234 e. The molecule has 0 aromatic heterocycles. The van der Waals surface area contributed by atoms with Gasteiger partial charge in [0.25, 0.3) is 0 Å². The Morgan fingerprint density at radius 3 is 2.60 bits per heavy atom. The smallest absolute Gasteiger partial charge is 0.234 e. The number of nitrogens with one attached hydrogen (secondary N) is 1. The highest BCUT2D eigenvalue weighted by molar-refractivity contribution is 5.77. The largest absolute Gasteiger partial charge is 0.490 e. The molecule has 1 heterocycles. The lowest BCUT2D eigenvalue weighted by Crippen LogP contribution is -2.49. The van der Waals surface area contributed by atoms with Gasteiger partial charge in [0.15, 0.2) is 0 Å². The lowest BCUT2D eigenvalue weighted by molar-refractivity contribution is -0.122. The Balaban J connectivity index is 1.44. The minimum Gasteiger partial charge on any atom is -0.490 e.